The molecule has 190 valence electrons. The lowest BCUT2D eigenvalue weighted by molar-refractivity contribution is -0.127. The van der Waals surface area contributed by atoms with Crippen molar-refractivity contribution in [3.63, 3.8) is 0 Å². The van der Waals surface area contributed by atoms with E-state index in [-0.39, 0.29) is 24.4 Å². The van der Waals surface area contributed by atoms with Crippen LogP contribution in [-0.2, 0) is 16.1 Å². The quantitative estimate of drug-likeness (QED) is 0.488. The zero-order valence-electron chi connectivity index (χ0n) is 21.1. The van der Waals surface area contributed by atoms with Gasteiger partial charge in [0.25, 0.3) is 5.91 Å². The molecule has 2 amide bonds. The number of carbonyl (C=O) groups excluding carboxylic acids is 2. The third kappa shape index (κ3) is 5.64. The highest BCUT2D eigenvalue weighted by Gasteiger charge is 2.32. The molecule has 1 atom stereocenters. The van der Waals surface area contributed by atoms with E-state index in [9.17, 15) is 9.59 Å². The molecule has 1 N–H and O–H groups in total. The summed E-state index contributed by atoms with van der Waals surface area (Å²) < 4.78 is 10.8. The average molecular weight is 493 g/mol. The Morgan fingerprint density at radius 3 is 2.50 bits per heavy atom. The van der Waals surface area contributed by atoms with Gasteiger partial charge in [-0.2, -0.15) is 4.80 Å². The van der Waals surface area contributed by atoms with E-state index in [1.807, 2.05) is 31.2 Å². The van der Waals surface area contributed by atoms with E-state index in [0.717, 1.165) is 36.8 Å². The summed E-state index contributed by atoms with van der Waals surface area (Å²) in [6.07, 6.45) is 4.08. The zero-order chi connectivity index (χ0) is 25.7. The Hall–Kier alpha value is -3.95. The van der Waals surface area contributed by atoms with Crippen LogP contribution in [0.15, 0.2) is 42.5 Å². The zero-order valence-corrected chi connectivity index (χ0v) is 21.1. The molecular weight excluding hydrogens is 460 g/mol. The van der Waals surface area contributed by atoms with Gasteiger partial charge in [0.05, 0.1) is 19.9 Å². The van der Waals surface area contributed by atoms with E-state index in [4.69, 9.17) is 9.47 Å². The predicted octanol–water partition coefficient (Wildman–Crippen LogP) is 3.15. The summed E-state index contributed by atoms with van der Waals surface area (Å²) in [5.41, 5.74) is 2.38. The summed E-state index contributed by atoms with van der Waals surface area (Å²) in [6.45, 7) is 3.51. The van der Waals surface area contributed by atoms with E-state index >= 15 is 0 Å². The number of nitrogens with one attached hydrogen (secondary N) is 1. The van der Waals surface area contributed by atoms with Crippen LogP contribution in [0.5, 0.6) is 11.5 Å². The van der Waals surface area contributed by atoms with Crippen molar-refractivity contribution in [1.29, 1.82) is 0 Å². The van der Waals surface area contributed by atoms with Crippen LogP contribution in [0.1, 0.15) is 38.2 Å². The van der Waals surface area contributed by atoms with E-state index in [1.54, 1.807) is 32.2 Å². The third-order valence-corrected chi connectivity index (χ3v) is 6.42. The number of hydrogen-bond donors (Lipinski definition) is 1. The number of methoxy groups -OCH3 is 2. The second-order valence-corrected chi connectivity index (χ2v) is 8.98. The molecule has 1 aromatic heterocycles. The first-order valence-electron chi connectivity index (χ1n) is 12.1. The van der Waals surface area contributed by atoms with Gasteiger partial charge in [-0.1, -0.05) is 42.7 Å². The van der Waals surface area contributed by atoms with Crippen LogP contribution in [0.2, 0.25) is 0 Å². The number of nitrogens with zero attached hydrogens (tertiary/aromatic N) is 5. The summed E-state index contributed by atoms with van der Waals surface area (Å²) in [7, 11) is 3.06. The van der Waals surface area contributed by atoms with Gasteiger partial charge in [-0.3, -0.25) is 14.5 Å². The van der Waals surface area contributed by atoms with Crippen molar-refractivity contribution in [2.45, 2.75) is 58.2 Å². The van der Waals surface area contributed by atoms with Crippen molar-refractivity contribution in [3.05, 3.63) is 48.0 Å². The molecule has 1 heterocycles. The fourth-order valence-corrected chi connectivity index (χ4v) is 4.38. The number of ether oxygens (including phenoxy) is 2. The molecule has 10 heteroatoms. The van der Waals surface area contributed by atoms with Crippen LogP contribution < -0.4 is 19.7 Å². The molecule has 1 saturated carbocycles. The maximum atomic E-state index is 13.6. The van der Waals surface area contributed by atoms with E-state index in [2.05, 4.69) is 20.7 Å². The molecule has 0 aliphatic heterocycles. The second kappa shape index (κ2) is 11.2. The molecular formula is C26H32N6O4. The standard InChI is InChI=1S/C26H32N6O4/c1-17-9-11-19(12-10-17)25-28-30-31(29-25)16-24(33)32(18(2)26(34)27-20-7-5-6-8-20)22-14-13-21(35-3)15-23(22)36-4/h9-15,18,20H,5-8,16H2,1-4H3,(H,27,34). The van der Waals surface area contributed by atoms with Crippen molar-refractivity contribution >= 4 is 17.5 Å². The monoisotopic (exact) mass is 492 g/mol. The van der Waals surface area contributed by atoms with Gasteiger partial charge in [0.1, 0.15) is 24.1 Å². The molecule has 1 aliphatic rings. The van der Waals surface area contributed by atoms with Crippen molar-refractivity contribution in [1.82, 2.24) is 25.5 Å². The SMILES string of the molecule is COc1ccc(N(C(=O)Cn2nnc(-c3ccc(C)cc3)n2)C(C)C(=O)NC2CCCC2)c(OC)c1. The minimum absolute atomic E-state index is 0.128. The van der Waals surface area contributed by atoms with Crippen LogP contribution in [-0.4, -0.2) is 58.3 Å². The van der Waals surface area contributed by atoms with Gasteiger partial charge in [-0.25, -0.2) is 0 Å². The van der Waals surface area contributed by atoms with Crippen LogP contribution >= 0.6 is 0 Å². The van der Waals surface area contributed by atoms with Crippen LogP contribution in [0.25, 0.3) is 11.4 Å². The van der Waals surface area contributed by atoms with Crippen LogP contribution in [0.4, 0.5) is 5.69 Å². The number of aryl methyl sites for hydroxylation is 1. The smallest absolute Gasteiger partial charge is 0.251 e. The lowest BCUT2D eigenvalue weighted by Gasteiger charge is -2.30. The number of anilines is 1. The Balaban J connectivity index is 1.61. The van der Waals surface area contributed by atoms with Gasteiger partial charge in [-0.15, -0.1) is 10.2 Å². The lowest BCUT2D eigenvalue weighted by Crippen LogP contribution is -2.51. The van der Waals surface area contributed by atoms with Gasteiger partial charge in [0.15, 0.2) is 0 Å². The Labute approximate surface area is 210 Å². The topological polar surface area (TPSA) is 111 Å². The molecule has 0 spiro atoms. The van der Waals surface area contributed by atoms with Crippen molar-refractivity contribution in [2.75, 3.05) is 19.1 Å². The second-order valence-electron chi connectivity index (χ2n) is 8.98. The first-order chi connectivity index (χ1) is 17.4. The molecule has 36 heavy (non-hydrogen) atoms. The molecule has 10 nitrogen and oxygen atoms in total. The minimum Gasteiger partial charge on any atom is -0.497 e. The molecule has 2 aromatic carbocycles. The number of aromatic nitrogens is 4. The van der Waals surface area contributed by atoms with Crippen LogP contribution in [0, 0.1) is 6.92 Å². The minimum atomic E-state index is -0.791. The summed E-state index contributed by atoms with van der Waals surface area (Å²) in [6, 6.07) is 12.2. The van der Waals surface area contributed by atoms with Gasteiger partial charge in [0, 0.05) is 17.7 Å². The first kappa shape index (κ1) is 25.2. The van der Waals surface area contributed by atoms with Crippen molar-refractivity contribution in [2.24, 2.45) is 0 Å². The molecule has 3 aromatic rings. The average Bonchev–Trinajstić information content (AvgIpc) is 3.57. The molecule has 0 radical (unpaired) electrons. The largest absolute Gasteiger partial charge is 0.497 e. The Bertz CT molecular complexity index is 1200. The molecule has 1 unspecified atom stereocenters. The highest BCUT2D eigenvalue weighted by atomic mass is 16.5. The lowest BCUT2D eigenvalue weighted by atomic mass is 10.1. The number of benzene rings is 2. The van der Waals surface area contributed by atoms with Gasteiger partial charge in [-0.05, 0) is 44.0 Å². The normalized spacial score (nSPS) is 14.3. The highest BCUT2D eigenvalue weighted by molar-refractivity contribution is 6.01. The molecule has 0 bridgehead atoms. The summed E-state index contributed by atoms with van der Waals surface area (Å²) in [5.74, 6) is 0.811. The maximum Gasteiger partial charge on any atom is 0.251 e. The van der Waals surface area contributed by atoms with Gasteiger partial charge >= 0.3 is 0 Å². The number of tetrazole rings is 1. The third-order valence-electron chi connectivity index (χ3n) is 6.42. The van der Waals surface area contributed by atoms with Crippen molar-refractivity contribution in [3.8, 4) is 22.9 Å². The Kier molecular flexibility index (Phi) is 7.82. The number of amides is 2. The maximum absolute atomic E-state index is 13.6. The van der Waals surface area contributed by atoms with Crippen LogP contribution in [0.3, 0.4) is 0 Å². The predicted molar refractivity (Wildman–Crippen MR) is 135 cm³/mol. The highest BCUT2D eigenvalue weighted by Crippen LogP contribution is 2.34. The van der Waals surface area contributed by atoms with Gasteiger partial charge in [0.2, 0.25) is 11.7 Å². The number of carbonyl (C=O) groups is 2. The van der Waals surface area contributed by atoms with E-state index in [0.29, 0.717) is 23.0 Å². The molecule has 0 saturated heterocycles. The fraction of sp³-hybridized carbons (Fsp3) is 0.423. The summed E-state index contributed by atoms with van der Waals surface area (Å²) in [4.78, 5) is 29.5. The first-order valence-corrected chi connectivity index (χ1v) is 12.1. The number of hydrogen-bond acceptors (Lipinski definition) is 7. The molecule has 1 aliphatic carbocycles. The van der Waals surface area contributed by atoms with Gasteiger partial charge < -0.3 is 14.8 Å². The van der Waals surface area contributed by atoms with E-state index in [1.165, 1.54) is 16.8 Å². The Morgan fingerprint density at radius 2 is 1.83 bits per heavy atom. The van der Waals surface area contributed by atoms with E-state index < -0.39 is 6.04 Å². The number of rotatable bonds is 9. The Morgan fingerprint density at radius 1 is 1.11 bits per heavy atom. The summed E-state index contributed by atoms with van der Waals surface area (Å²) in [5, 5.41) is 15.6. The van der Waals surface area contributed by atoms with Crippen molar-refractivity contribution < 1.29 is 19.1 Å². The molecule has 4 rings (SSSR count). The fourth-order valence-electron chi connectivity index (χ4n) is 4.38. The molecule has 1 fully saturated rings. The summed E-state index contributed by atoms with van der Waals surface area (Å²) >= 11 is 0.